The normalized spacial score (nSPS) is 19.8. The average molecular weight is 535 g/mol. The second kappa shape index (κ2) is 8.70. The van der Waals surface area contributed by atoms with Crippen LogP contribution in [0, 0.1) is 17.7 Å². The number of hydrogen-bond acceptors (Lipinski definition) is 8. The first-order valence-corrected chi connectivity index (χ1v) is 13.6. The number of hydrogen-bond donors (Lipinski definition) is 2. The average Bonchev–Trinajstić information content (AvgIpc) is 3.40. The third-order valence-corrected chi connectivity index (χ3v) is 7.37. The number of pyridine rings is 1. The summed E-state index contributed by atoms with van der Waals surface area (Å²) in [4.78, 5) is 36.6. The lowest BCUT2D eigenvalue weighted by molar-refractivity contribution is 0.0977. The van der Waals surface area contributed by atoms with Gasteiger partial charge in [0, 0.05) is 25.7 Å². The lowest BCUT2D eigenvalue weighted by atomic mass is 10.0. The number of aromatic nitrogens is 3. The summed E-state index contributed by atoms with van der Waals surface area (Å²) in [5.74, 6) is 0.200. The molecule has 2 unspecified atom stereocenters. The number of benzene rings is 1. The number of carbonyl (C=O) groups excluding carboxylic acids is 1. The number of halogens is 2. The van der Waals surface area contributed by atoms with Crippen LogP contribution < -0.4 is 20.5 Å². The quantitative estimate of drug-likeness (QED) is 0.462. The Morgan fingerprint density at radius 2 is 1.92 bits per heavy atom. The third kappa shape index (κ3) is 4.62. The topological polar surface area (TPSA) is 126 Å². The number of sulfonamides is 1. The van der Waals surface area contributed by atoms with Gasteiger partial charge in [-0.25, -0.2) is 27.5 Å². The third-order valence-electron chi connectivity index (χ3n) is 6.61. The standard InChI is InChI=1S/C23H24ClFN6O4S/c1-11(26-17-4-5-18(24)27-20(17)21(32)29-36(3,34)35)15-7-14(25)8-16-19(15)28-23(30(2)22(16)33)31-9-12-6-13(12)10-31/h4-5,7-8,11-13,26H,6,9-10H2,1-3H3,(H,29,32)/t11-,12?,13?/m1/s1. The molecule has 190 valence electrons. The second-order valence-electron chi connectivity index (χ2n) is 9.43. The maximum Gasteiger partial charge on any atom is 0.285 e. The van der Waals surface area contributed by atoms with Gasteiger partial charge in [-0.15, -0.1) is 0 Å². The van der Waals surface area contributed by atoms with Gasteiger partial charge in [0.15, 0.2) is 5.69 Å². The minimum absolute atomic E-state index is 0.0125. The Kier molecular flexibility index (Phi) is 5.91. The minimum atomic E-state index is -3.85. The predicted molar refractivity (Wildman–Crippen MR) is 134 cm³/mol. The maximum absolute atomic E-state index is 14.6. The zero-order valence-electron chi connectivity index (χ0n) is 19.7. The molecule has 0 bridgehead atoms. The van der Waals surface area contributed by atoms with Crippen LogP contribution in [0.5, 0.6) is 0 Å². The zero-order chi connectivity index (χ0) is 25.9. The summed E-state index contributed by atoms with van der Waals surface area (Å²) in [6, 6.07) is 4.72. The molecule has 2 aromatic heterocycles. The number of rotatable bonds is 6. The first kappa shape index (κ1) is 24.4. The van der Waals surface area contributed by atoms with Crippen molar-refractivity contribution < 1.29 is 17.6 Å². The van der Waals surface area contributed by atoms with Crippen molar-refractivity contribution in [2.75, 3.05) is 29.6 Å². The first-order valence-electron chi connectivity index (χ1n) is 11.3. The van der Waals surface area contributed by atoms with Gasteiger partial charge in [0.1, 0.15) is 11.0 Å². The maximum atomic E-state index is 14.6. The molecule has 3 heterocycles. The van der Waals surface area contributed by atoms with E-state index in [1.807, 2.05) is 4.72 Å². The second-order valence-corrected chi connectivity index (χ2v) is 11.6. The molecule has 1 saturated heterocycles. The van der Waals surface area contributed by atoms with Crippen LogP contribution in [-0.4, -0.2) is 48.2 Å². The molecule has 1 amide bonds. The Labute approximate surface area is 211 Å². The van der Waals surface area contributed by atoms with Crippen molar-refractivity contribution in [2.24, 2.45) is 18.9 Å². The monoisotopic (exact) mass is 534 g/mol. The van der Waals surface area contributed by atoms with Crippen molar-refractivity contribution in [1.82, 2.24) is 19.3 Å². The summed E-state index contributed by atoms with van der Waals surface area (Å²) in [5, 5.41) is 3.20. The molecule has 5 rings (SSSR count). The fraction of sp³-hybridized carbons (Fsp3) is 0.391. The number of nitrogens with zero attached hydrogens (tertiary/aromatic N) is 4. The molecule has 2 aliphatic rings. The summed E-state index contributed by atoms with van der Waals surface area (Å²) >= 11 is 5.94. The summed E-state index contributed by atoms with van der Waals surface area (Å²) < 4.78 is 41.1. The summed E-state index contributed by atoms with van der Waals surface area (Å²) in [6.07, 6.45) is 2.04. The summed E-state index contributed by atoms with van der Waals surface area (Å²) in [7, 11) is -2.22. The van der Waals surface area contributed by atoms with E-state index in [2.05, 4.69) is 15.2 Å². The molecule has 36 heavy (non-hydrogen) atoms. The van der Waals surface area contributed by atoms with Gasteiger partial charge >= 0.3 is 0 Å². The Hall–Kier alpha value is -3.25. The van der Waals surface area contributed by atoms with Gasteiger partial charge in [0.05, 0.1) is 28.9 Å². The van der Waals surface area contributed by atoms with Gasteiger partial charge in [-0.05, 0) is 49.4 Å². The number of carbonyl (C=O) groups is 1. The van der Waals surface area contributed by atoms with E-state index in [1.165, 1.54) is 35.3 Å². The van der Waals surface area contributed by atoms with E-state index >= 15 is 0 Å². The summed E-state index contributed by atoms with van der Waals surface area (Å²) in [6.45, 7) is 3.37. The van der Waals surface area contributed by atoms with Crippen LogP contribution in [0.3, 0.4) is 0 Å². The van der Waals surface area contributed by atoms with E-state index < -0.39 is 27.8 Å². The molecule has 3 atom stereocenters. The predicted octanol–water partition coefficient (Wildman–Crippen LogP) is 2.44. The lowest BCUT2D eigenvalue weighted by Gasteiger charge is -2.24. The number of piperidine rings is 1. The van der Waals surface area contributed by atoms with Crippen LogP contribution in [0.1, 0.15) is 35.4 Å². The van der Waals surface area contributed by atoms with Gasteiger partial charge in [-0.3, -0.25) is 14.2 Å². The molecule has 0 spiro atoms. The van der Waals surface area contributed by atoms with Crippen LogP contribution >= 0.6 is 11.6 Å². The molecule has 1 saturated carbocycles. The van der Waals surface area contributed by atoms with Crippen molar-refractivity contribution in [3.8, 4) is 0 Å². The van der Waals surface area contributed by atoms with Gasteiger partial charge < -0.3 is 10.2 Å². The smallest absolute Gasteiger partial charge is 0.285 e. The van der Waals surface area contributed by atoms with E-state index in [0.29, 0.717) is 28.9 Å². The van der Waals surface area contributed by atoms with E-state index in [0.717, 1.165) is 19.3 Å². The van der Waals surface area contributed by atoms with Crippen LogP contribution in [0.4, 0.5) is 16.0 Å². The number of fused-ring (bicyclic) bond motifs is 2. The lowest BCUT2D eigenvalue weighted by Crippen LogP contribution is -2.32. The van der Waals surface area contributed by atoms with Gasteiger partial charge in [-0.2, -0.15) is 0 Å². The Bertz CT molecular complexity index is 1570. The fourth-order valence-electron chi connectivity index (χ4n) is 4.78. The number of nitrogens with one attached hydrogen (secondary N) is 2. The molecule has 2 fully saturated rings. The Balaban J connectivity index is 1.56. The molecule has 1 aromatic carbocycles. The van der Waals surface area contributed by atoms with Crippen LogP contribution in [0.15, 0.2) is 29.1 Å². The SMILES string of the molecule is C[C@@H](Nc1ccc(Cl)nc1C(=O)NS(C)(=O)=O)c1cc(F)cc2c(=O)n(C)c(N3CC4CC4C3)nc12. The highest BCUT2D eigenvalue weighted by Gasteiger charge is 2.46. The Morgan fingerprint density at radius 3 is 2.58 bits per heavy atom. The van der Waals surface area contributed by atoms with Gasteiger partial charge in [0.25, 0.3) is 11.5 Å². The van der Waals surface area contributed by atoms with Crippen molar-refractivity contribution in [3.63, 3.8) is 0 Å². The van der Waals surface area contributed by atoms with Crippen molar-refractivity contribution >= 4 is 50.1 Å². The van der Waals surface area contributed by atoms with Crippen molar-refractivity contribution in [1.29, 1.82) is 0 Å². The first-order chi connectivity index (χ1) is 16.9. The van der Waals surface area contributed by atoms with Gasteiger partial charge in [0.2, 0.25) is 16.0 Å². The van der Waals surface area contributed by atoms with E-state index in [1.54, 1.807) is 14.0 Å². The van der Waals surface area contributed by atoms with Gasteiger partial charge in [-0.1, -0.05) is 11.6 Å². The molecule has 0 radical (unpaired) electrons. The van der Waals surface area contributed by atoms with Crippen LogP contribution in [0.2, 0.25) is 5.15 Å². The van der Waals surface area contributed by atoms with Crippen LogP contribution in [-0.2, 0) is 17.1 Å². The van der Waals surface area contributed by atoms with Crippen LogP contribution in [0.25, 0.3) is 10.9 Å². The van der Waals surface area contributed by atoms with E-state index in [4.69, 9.17) is 16.6 Å². The molecule has 1 aliphatic heterocycles. The molecule has 3 aromatic rings. The zero-order valence-corrected chi connectivity index (χ0v) is 21.3. The van der Waals surface area contributed by atoms with Crippen molar-refractivity contribution in [2.45, 2.75) is 19.4 Å². The highest BCUT2D eigenvalue weighted by Crippen LogP contribution is 2.46. The fourth-order valence-corrected chi connectivity index (χ4v) is 5.36. The highest BCUT2D eigenvalue weighted by molar-refractivity contribution is 7.89. The molecule has 1 aliphatic carbocycles. The number of amides is 1. The summed E-state index contributed by atoms with van der Waals surface area (Å²) in [5.41, 5.74) is 0.317. The Morgan fingerprint density at radius 1 is 1.22 bits per heavy atom. The van der Waals surface area contributed by atoms with Crippen molar-refractivity contribution in [3.05, 3.63) is 56.8 Å². The molecular formula is C23H24ClFN6O4S. The highest BCUT2D eigenvalue weighted by atomic mass is 35.5. The molecule has 2 N–H and O–H groups in total. The molecule has 13 heteroatoms. The molecular weight excluding hydrogens is 511 g/mol. The molecule has 10 nitrogen and oxygen atoms in total. The minimum Gasteiger partial charge on any atom is -0.377 e. The largest absolute Gasteiger partial charge is 0.377 e. The number of anilines is 2. The van der Waals surface area contributed by atoms with E-state index in [9.17, 15) is 22.4 Å². The van der Waals surface area contributed by atoms with E-state index in [-0.39, 0.29) is 27.5 Å².